The SMILES string of the molecule is CCCc1nc(-c2cn[nH]n2)nc(Cl)c1I. The van der Waals surface area contributed by atoms with Crippen molar-refractivity contribution >= 4 is 34.2 Å². The molecule has 2 aromatic rings. The van der Waals surface area contributed by atoms with Gasteiger partial charge in [0.25, 0.3) is 0 Å². The van der Waals surface area contributed by atoms with Gasteiger partial charge >= 0.3 is 0 Å². The number of aromatic amines is 1. The Morgan fingerprint density at radius 1 is 1.44 bits per heavy atom. The number of halogens is 2. The molecular formula is C9H9ClIN5. The summed E-state index contributed by atoms with van der Waals surface area (Å²) in [4.78, 5) is 8.62. The van der Waals surface area contributed by atoms with E-state index in [1.807, 2.05) is 0 Å². The van der Waals surface area contributed by atoms with Gasteiger partial charge < -0.3 is 0 Å². The summed E-state index contributed by atoms with van der Waals surface area (Å²) in [5.74, 6) is 0.516. The van der Waals surface area contributed by atoms with Crippen LogP contribution in [-0.4, -0.2) is 25.4 Å². The summed E-state index contributed by atoms with van der Waals surface area (Å²) < 4.78 is 0.911. The van der Waals surface area contributed by atoms with E-state index in [2.05, 4.69) is 54.9 Å². The second kappa shape index (κ2) is 5.05. The quantitative estimate of drug-likeness (QED) is 0.683. The van der Waals surface area contributed by atoms with Crippen LogP contribution >= 0.6 is 34.2 Å². The maximum absolute atomic E-state index is 6.05. The zero-order chi connectivity index (χ0) is 11.5. The van der Waals surface area contributed by atoms with Crippen molar-refractivity contribution in [2.24, 2.45) is 0 Å². The standard InChI is InChI=1S/C9H9ClIN5/c1-2-3-5-7(11)8(10)14-9(13-5)6-4-12-16-15-6/h4H,2-3H2,1H3,(H,12,15,16). The number of hydrogen-bond donors (Lipinski definition) is 1. The predicted molar refractivity (Wildman–Crippen MR) is 69.1 cm³/mol. The molecule has 0 aliphatic carbocycles. The van der Waals surface area contributed by atoms with E-state index in [9.17, 15) is 0 Å². The van der Waals surface area contributed by atoms with E-state index in [0.29, 0.717) is 16.7 Å². The highest BCUT2D eigenvalue weighted by Crippen LogP contribution is 2.23. The highest BCUT2D eigenvalue weighted by atomic mass is 127. The lowest BCUT2D eigenvalue weighted by Gasteiger charge is -2.05. The molecule has 0 unspecified atom stereocenters. The average Bonchev–Trinajstić information content (AvgIpc) is 2.78. The Labute approximate surface area is 111 Å². The Bertz CT molecular complexity index is 485. The number of aromatic nitrogens is 5. The van der Waals surface area contributed by atoms with Gasteiger partial charge in [-0.15, -0.1) is 0 Å². The second-order valence-electron chi connectivity index (χ2n) is 3.20. The third kappa shape index (κ3) is 2.32. The van der Waals surface area contributed by atoms with E-state index in [1.165, 1.54) is 0 Å². The molecule has 84 valence electrons. The van der Waals surface area contributed by atoms with Gasteiger partial charge in [-0.25, -0.2) is 9.97 Å². The lowest BCUT2D eigenvalue weighted by atomic mass is 10.2. The Hall–Kier alpha value is -0.760. The van der Waals surface area contributed by atoms with Gasteiger partial charge in [-0.05, 0) is 29.0 Å². The molecule has 0 bridgehead atoms. The van der Waals surface area contributed by atoms with Crippen molar-refractivity contribution in [1.29, 1.82) is 0 Å². The molecule has 16 heavy (non-hydrogen) atoms. The van der Waals surface area contributed by atoms with Crippen LogP contribution in [0.25, 0.3) is 11.5 Å². The molecule has 0 fully saturated rings. The second-order valence-corrected chi connectivity index (χ2v) is 4.64. The molecule has 0 radical (unpaired) electrons. The minimum absolute atomic E-state index is 0.469. The number of hydrogen-bond acceptors (Lipinski definition) is 4. The lowest BCUT2D eigenvalue weighted by Crippen LogP contribution is -2.00. The highest BCUT2D eigenvalue weighted by Gasteiger charge is 2.12. The Balaban J connectivity index is 2.48. The van der Waals surface area contributed by atoms with Crippen molar-refractivity contribution in [1.82, 2.24) is 25.4 Å². The lowest BCUT2D eigenvalue weighted by molar-refractivity contribution is 0.864. The molecule has 0 spiro atoms. The predicted octanol–water partition coefficient (Wildman–Crippen LogP) is 2.47. The molecule has 0 aliphatic rings. The zero-order valence-corrected chi connectivity index (χ0v) is 11.4. The van der Waals surface area contributed by atoms with Crippen LogP contribution in [0.15, 0.2) is 6.20 Å². The summed E-state index contributed by atoms with van der Waals surface area (Å²) in [6, 6.07) is 0. The first-order valence-electron chi connectivity index (χ1n) is 4.80. The minimum atomic E-state index is 0.469. The van der Waals surface area contributed by atoms with E-state index < -0.39 is 0 Å². The molecule has 7 heteroatoms. The Morgan fingerprint density at radius 2 is 2.25 bits per heavy atom. The van der Waals surface area contributed by atoms with Crippen molar-refractivity contribution in [3.63, 3.8) is 0 Å². The third-order valence-corrected chi connectivity index (χ3v) is 3.74. The first kappa shape index (κ1) is 11.7. The van der Waals surface area contributed by atoms with E-state index in [0.717, 1.165) is 22.1 Å². The number of nitrogens with zero attached hydrogens (tertiary/aromatic N) is 4. The fourth-order valence-electron chi connectivity index (χ4n) is 1.29. The summed E-state index contributed by atoms with van der Waals surface area (Å²) >= 11 is 8.22. The van der Waals surface area contributed by atoms with Gasteiger partial charge in [-0.1, -0.05) is 24.9 Å². The zero-order valence-electron chi connectivity index (χ0n) is 8.54. The number of aryl methyl sites for hydroxylation is 1. The highest BCUT2D eigenvalue weighted by molar-refractivity contribution is 14.1. The first-order chi connectivity index (χ1) is 7.72. The van der Waals surface area contributed by atoms with Gasteiger partial charge in [0.1, 0.15) is 10.8 Å². The Morgan fingerprint density at radius 3 is 2.88 bits per heavy atom. The van der Waals surface area contributed by atoms with E-state index in [1.54, 1.807) is 6.20 Å². The molecule has 5 nitrogen and oxygen atoms in total. The summed E-state index contributed by atoms with van der Waals surface area (Å²) in [6.07, 6.45) is 3.47. The topological polar surface area (TPSA) is 67.3 Å². The molecule has 2 heterocycles. The van der Waals surface area contributed by atoms with Crippen LogP contribution in [0.2, 0.25) is 5.15 Å². The molecule has 0 saturated heterocycles. The molecule has 0 aliphatic heterocycles. The van der Waals surface area contributed by atoms with E-state index >= 15 is 0 Å². The van der Waals surface area contributed by atoms with Crippen LogP contribution in [0, 0.1) is 3.57 Å². The monoisotopic (exact) mass is 349 g/mol. The van der Waals surface area contributed by atoms with Crippen LogP contribution in [0.5, 0.6) is 0 Å². The fourth-order valence-corrected chi connectivity index (χ4v) is 1.99. The van der Waals surface area contributed by atoms with E-state index in [4.69, 9.17) is 11.6 Å². The smallest absolute Gasteiger partial charge is 0.183 e. The van der Waals surface area contributed by atoms with Crippen LogP contribution in [0.4, 0.5) is 0 Å². The average molecular weight is 350 g/mol. The van der Waals surface area contributed by atoms with Crippen molar-refractivity contribution < 1.29 is 0 Å². The van der Waals surface area contributed by atoms with Gasteiger partial charge in [0, 0.05) is 0 Å². The molecule has 0 atom stereocenters. The summed E-state index contributed by atoms with van der Waals surface area (Å²) in [7, 11) is 0. The molecule has 1 N–H and O–H groups in total. The summed E-state index contributed by atoms with van der Waals surface area (Å²) in [5, 5.41) is 10.7. The minimum Gasteiger partial charge on any atom is -0.230 e. The number of rotatable bonds is 3. The van der Waals surface area contributed by atoms with Crippen LogP contribution in [0.1, 0.15) is 19.0 Å². The van der Waals surface area contributed by atoms with Crippen molar-refractivity contribution in [3.8, 4) is 11.5 Å². The maximum Gasteiger partial charge on any atom is 0.183 e. The normalized spacial score (nSPS) is 10.7. The fraction of sp³-hybridized carbons (Fsp3) is 0.333. The van der Waals surface area contributed by atoms with Crippen LogP contribution in [-0.2, 0) is 6.42 Å². The summed E-state index contributed by atoms with van der Waals surface area (Å²) in [6.45, 7) is 2.10. The van der Waals surface area contributed by atoms with Gasteiger partial charge in [0.05, 0.1) is 15.5 Å². The van der Waals surface area contributed by atoms with Crippen molar-refractivity contribution in [2.45, 2.75) is 19.8 Å². The molecule has 0 amide bonds. The molecule has 2 rings (SSSR count). The van der Waals surface area contributed by atoms with Gasteiger partial charge in [-0.3, -0.25) is 0 Å². The van der Waals surface area contributed by atoms with Gasteiger partial charge in [0.15, 0.2) is 5.82 Å². The number of nitrogens with one attached hydrogen (secondary N) is 1. The molecule has 2 aromatic heterocycles. The number of H-pyrrole nitrogens is 1. The third-order valence-electron chi connectivity index (χ3n) is 2.01. The van der Waals surface area contributed by atoms with E-state index in [-0.39, 0.29) is 0 Å². The first-order valence-corrected chi connectivity index (χ1v) is 6.26. The van der Waals surface area contributed by atoms with Crippen molar-refractivity contribution in [2.75, 3.05) is 0 Å². The van der Waals surface area contributed by atoms with Crippen LogP contribution in [0.3, 0.4) is 0 Å². The van der Waals surface area contributed by atoms with Gasteiger partial charge in [-0.2, -0.15) is 15.4 Å². The maximum atomic E-state index is 6.05. The van der Waals surface area contributed by atoms with Crippen LogP contribution < -0.4 is 0 Å². The van der Waals surface area contributed by atoms with Gasteiger partial charge in [0.2, 0.25) is 0 Å². The molecule has 0 saturated carbocycles. The largest absolute Gasteiger partial charge is 0.230 e. The van der Waals surface area contributed by atoms with Crippen molar-refractivity contribution in [3.05, 3.63) is 20.6 Å². The summed E-state index contributed by atoms with van der Waals surface area (Å²) in [5.41, 5.74) is 1.57. The Kier molecular flexibility index (Phi) is 3.70. The molecular weight excluding hydrogens is 340 g/mol. The molecule has 0 aromatic carbocycles.